The molecule has 0 aromatic heterocycles. The van der Waals surface area contributed by atoms with Crippen molar-refractivity contribution in [3.63, 3.8) is 0 Å². The van der Waals surface area contributed by atoms with E-state index < -0.39 is 0 Å². The van der Waals surface area contributed by atoms with Gasteiger partial charge in [0.25, 0.3) is 0 Å². The lowest BCUT2D eigenvalue weighted by molar-refractivity contribution is 0.138. The molecule has 0 heteroatoms. The second-order valence-corrected chi connectivity index (χ2v) is 7.30. The molecule has 2 fully saturated rings. The molecule has 0 bridgehead atoms. The average molecular weight is 248 g/mol. The maximum atomic E-state index is 4.18. The highest BCUT2D eigenvalue weighted by Crippen LogP contribution is 2.46. The highest BCUT2D eigenvalue weighted by Gasteiger charge is 2.37. The molecule has 0 radical (unpaired) electrons. The van der Waals surface area contributed by atoms with E-state index in [0.717, 1.165) is 35.5 Å². The lowest BCUT2D eigenvalue weighted by Gasteiger charge is -2.37. The van der Waals surface area contributed by atoms with Crippen molar-refractivity contribution in [2.24, 2.45) is 35.5 Å². The maximum absolute atomic E-state index is 4.18. The molecule has 0 aromatic carbocycles. The van der Waals surface area contributed by atoms with Crippen LogP contribution in [0.2, 0.25) is 0 Å². The largest absolute Gasteiger partial charge is 0.103 e. The molecule has 0 aromatic rings. The summed E-state index contributed by atoms with van der Waals surface area (Å²) >= 11 is 0. The zero-order valence-corrected chi connectivity index (χ0v) is 12.7. The molecule has 0 nitrogen and oxygen atoms in total. The summed E-state index contributed by atoms with van der Waals surface area (Å²) in [7, 11) is 0. The van der Waals surface area contributed by atoms with Gasteiger partial charge in [0.05, 0.1) is 0 Å². The van der Waals surface area contributed by atoms with E-state index >= 15 is 0 Å². The van der Waals surface area contributed by atoms with Gasteiger partial charge in [-0.05, 0) is 41.9 Å². The van der Waals surface area contributed by atoms with Crippen molar-refractivity contribution in [3.8, 4) is 0 Å². The fourth-order valence-corrected chi connectivity index (χ4v) is 4.10. The molecular formula is C18H32. The fraction of sp³-hybridized carbons (Fsp3) is 0.889. The van der Waals surface area contributed by atoms with Gasteiger partial charge in [0, 0.05) is 0 Å². The first-order chi connectivity index (χ1) is 8.63. The molecule has 0 aliphatic heterocycles. The minimum atomic E-state index is 0.790. The molecule has 2 aliphatic rings. The van der Waals surface area contributed by atoms with E-state index in [1.54, 1.807) is 0 Å². The third-order valence-electron chi connectivity index (χ3n) is 5.70. The van der Waals surface area contributed by atoms with Crippen LogP contribution in [0.15, 0.2) is 12.7 Å². The van der Waals surface area contributed by atoms with Gasteiger partial charge in [0.15, 0.2) is 0 Å². The van der Waals surface area contributed by atoms with Crippen LogP contribution in [0.5, 0.6) is 0 Å². The van der Waals surface area contributed by atoms with Crippen LogP contribution < -0.4 is 0 Å². The summed E-state index contributed by atoms with van der Waals surface area (Å²) in [5.41, 5.74) is 0. The first-order valence-corrected chi connectivity index (χ1v) is 8.26. The van der Waals surface area contributed by atoms with E-state index in [4.69, 9.17) is 0 Å². The number of hydrogen-bond acceptors (Lipinski definition) is 0. The second-order valence-electron chi connectivity index (χ2n) is 7.30. The molecule has 2 saturated carbocycles. The van der Waals surface area contributed by atoms with Gasteiger partial charge in [-0.25, -0.2) is 0 Å². The predicted octanol–water partition coefficient (Wildman–Crippen LogP) is 5.69. The van der Waals surface area contributed by atoms with E-state index in [1.807, 2.05) is 0 Å². The molecule has 0 N–H and O–H groups in total. The first kappa shape index (κ1) is 14.2. The Kier molecular flexibility index (Phi) is 4.92. The average Bonchev–Trinajstić information content (AvgIpc) is 3.00. The van der Waals surface area contributed by atoms with E-state index in [2.05, 4.69) is 33.4 Å². The van der Waals surface area contributed by atoms with Crippen molar-refractivity contribution in [1.29, 1.82) is 0 Å². The summed E-state index contributed by atoms with van der Waals surface area (Å²) in [6, 6.07) is 0. The fourth-order valence-electron chi connectivity index (χ4n) is 4.10. The Morgan fingerprint density at radius 1 is 1.06 bits per heavy atom. The summed E-state index contributed by atoms with van der Waals surface area (Å²) in [6.07, 6.45) is 12.6. The second kappa shape index (κ2) is 6.26. The minimum Gasteiger partial charge on any atom is -0.103 e. The Labute approximate surface area is 114 Å². The maximum Gasteiger partial charge on any atom is -0.0200 e. The summed E-state index contributed by atoms with van der Waals surface area (Å²) in [5.74, 6) is 5.40. The zero-order valence-electron chi connectivity index (χ0n) is 12.7. The summed E-state index contributed by atoms with van der Waals surface area (Å²) < 4.78 is 0. The Morgan fingerprint density at radius 3 is 2.11 bits per heavy atom. The van der Waals surface area contributed by atoms with Crippen LogP contribution in [0.25, 0.3) is 0 Å². The van der Waals surface area contributed by atoms with Crippen molar-refractivity contribution in [1.82, 2.24) is 0 Å². The Balaban J connectivity index is 2.06. The van der Waals surface area contributed by atoms with Gasteiger partial charge in [-0.3, -0.25) is 0 Å². The van der Waals surface area contributed by atoms with E-state index in [-0.39, 0.29) is 0 Å². The van der Waals surface area contributed by atoms with Gasteiger partial charge in [-0.2, -0.15) is 0 Å². The van der Waals surface area contributed by atoms with Gasteiger partial charge >= 0.3 is 0 Å². The van der Waals surface area contributed by atoms with Crippen LogP contribution >= 0.6 is 0 Å². The van der Waals surface area contributed by atoms with Crippen LogP contribution in [0.4, 0.5) is 0 Å². The smallest absolute Gasteiger partial charge is 0.0200 e. The van der Waals surface area contributed by atoms with Crippen LogP contribution in [0.3, 0.4) is 0 Å². The highest BCUT2D eigenvalue weighted by atomic mass is 14.4. The van der Waals surface area contributed by atoms with Gasteiger partial charge in [0.2, 0.25) is 0 Å². The SMILES string of the molecule is C=CC(CC1CC1)C(C1CCCC1)C(C)C(C)C. The third-order valence-corrected chi connectivity index (χ3v) is 5.70. The van der Waals surface area contributed by atoms with Crippen LogP contribution in [0, 0.1) is 35.5 Å². The van der Waals surface area contributed by atoms with E-state index in [0.29, 0.717) is 0 Å². The van der Waals surface area contributed by atoms with E-state index in [1.165, 1.54) is 44.9 Å². The lowest BCUT2D eigenvalue weighted by atomic mass is 9.68. The Hall–Kier alpha value is -0.260. The van der Waals surface area contributed by atoms with Gasteiger partial charge in [-0.15, -0.1) is 6.58 Å². The Bertz CT molecular complexity index is 253. The highest BCUT2D eigenvalue weighted by molar-refractivity contribution is 4.95. The van der Waals surface area contributed by atoms with Crippen molar-refractivity contribution < 1.29 is 0 Å². The van der Waals surface area contributed by atoms with Crippen molar-refractivity contribution >= 4 is 0 Å². The number of hydrogen-bond donors (Lipinski definition) is 0. The van der Waals surface area contributed by atoms with Gasteiger partial charge in [-0.1, -0.05) is 65.4 Å². The first-order valence-electron chi connectivity index (χ1n) is 8.26. The normalized spacial score (nSPS) is 26.2. The molecule has 3 atom stereocenters. The van der Waals surface area contributed by atoms with E-state index in [9.17, 15) is 0 Å². The molecular weight excluding hydrogens is 216 g/mol. The van der Waals surface area contributed by atoms with Crippen LogP contribution in [-0.4, -0.2) is 0 Å². The molecule has 0 heterocycles. The molecule has 104 valence electrons. The third kappa shape index (κ3) is 3.39. The standard InChI is InChI=1S/C18H32/c1-5-16(12-15-10-11-15)18(14(4)13(2)3)17-8-6-7-9-17/h5,13-18H,1,6-12H2,2-4H3. The van der Waals surface area contributed by atoms with Crippen molar-refractivity contribution in [3.05, 3.63) is 12.7 Å². The quantitative estimate of drug-likeness (QED) is 0.508. The number of allylic oxidation sites excluding steroid dienone is 1. The number of rotatable bonds is 7. The monoisotopic (exact) mass is 248 g/mol. The molecule has 18 heavy (non-hydrogen) atoms. The zero-order chi connectivity index (χ0) is 13.1. The molecule has 0 saturated heterocycles. The molecule has 2 aliphatic carbocycles. The van der Waals surface area contributed by atoms with Crippen molar-refractivity contribution in [2.75, 3.05) is 0 Å². The predicted molar refractivity (Wildman–Crippen MR) is 80.5 cm³/mol. The molecule has 3 unspecified atom stereocenters. The van der Waals surface area contributed by atoms with Gasteiger partial charge in [0.1, 0.15) is 0 Å². The van der Waals surface area contributed by atoms with Gasteiger partial charge < -0.3 is 0 Å². The molecule has 0 amide bonds. The topological polar surface area (TPSA) is 0 Å². The van der Waals surface area contributed by atoms with Crippen LogP contribution in [0.1, 0.15) is 65.7 Å². The van der Waals surface area contributed by atoms with Crippen LogP contribution in [-0.2, 0) is 0 Å². The summed E-state index contributed by atoms with van der Waals surface area (Å²) in [4.78, 5) is 0. The Morgan fingerprint density at radius 2 is 1.67 bits per heavy atom. The molecule has 2 rings (SSSR count). The summed E-state index contributed by atoms with van der Waals surface area (Å²) in [6.45, 7) is 11.5. The lowest BCUT2D eigenvalue weighted by Crippen LogP contribution is -2.30. The minimum absolute atomic E-state index is 0.790. The molecule has 0 spiro atoms. The summed E-state index contributed by atoms with van der Waals surface area (Å²) in [5, 5.41) is 0. The van der Waals surface area contributed by atoms with Crippen molar-refractivity contribution in [2.45, 2.75) is 65.7 Å².